The molecule has 1 N–H and O–H groups in total. The molecule has 0 atom stereocenters. The quantitative estimate of drug-likeness (QED) is 0.364. The zero-order chi connectivity index (χ0) is 24.1. The normalized spacial score (nSPS) is 10.6. The van der Waals surface area contributed by atoms with Gasteiger partial charge in [-0.25, -0.2) is 8.78 Å². The van der Waals surface area contributed by atoms with E-state index in [1.54, 1.807) is 50.6 Å². The highest BCUT2D eigenvalue weighted by Crippen LogP contribution is 2.30. The second-order valence-corrected chi connectivity index (χ2v) is 7.60. The van der Waals surface area contributed by atoms with Crippen LogP contribution in [0.15, 0.2) is 79.0 Å². The van der Waals surface area contributed by atoms with E-state index in [1.165, 1.54) is 12.1 Å². The summed E-state index contributed by atoms with van der Waals surface area (Å²) >= 11 is 0. The highest BCUT2D eigenvalue weighted by molar-refractivity contribution is 5.96. The van der Waals surface area contributed by atoms with Crippen molar-refractivity contribution in [1.29, 1.82) is 0 Å². The topological polar surface area (TPSA) is 60.5 Å². The fourth-order valence-corrected chi connectivity index (χ4v) is 3.50. The molecule has 0 fully saturated rings. The molecule has 0 aliphatic heterocycles. The van der Waals surface area contributed by atoms with Gasteiger partial charge in [0.1, 0.15) is 28.9 Å². The Labute approximate surface area is 196 Å². The van der Waals surface area contributed by atoms with E-state index in [9.17, 15) is 13.6 Å². The van der Waals surface area contributed by atoms with Gasteiger partial charge in [0.15, 0.2) is 0 Å². The smallest absolute Gasteiger partial charge is 0.251 e. The lowest BCUT2D eigenvalue weighted by molar-refractivity contribution is 0.0950. The number of pyridine rings is 1. The van der Waals surface area contributed by atoms with Crippen LogP contribution >= 0.6 is 0 Å². The van der Waals surface area contributed by atoms with Crippen LogP contribution in [0.1, 0.15) is 21.5 Å². The number of methoxy groups -OCH3 is 1. The van der Waals surface area contributed by atoms with Gasteiger partial charge < -0.3 is 14.8 Å². The van der Waals surface area contributed by atoms with Crippen LogP contribution < -0.4 is 14.8 Å². The summed E-state index contributed by atoms with van der Waals surface area (Å²) in [5.74, 6) is 0.0273. The van der Waals surface area contributed by atoms with Crippen LogP contribution in [0.2, 0.25) is 0 Å². The number of halogens is 2. The average Bonchev–Trinajstić information content (AvgIpc) is 2.83. The van der Waals surface area contributed by atoms with Gasteiger partial charge in [0, 0.05) is 41.6 Å². The van der Waals surface area contributed by atoms with E-state index < -0.39 is 11.6 Å². The molecule has 3 aromatic carbocycles. The molecule has 0 saturated heterocycles. The first-order chi connectivity index (χ1) is 16.4. The van der Waals surface area contributed by atoms with Gasteiger partial charge in [0.2, 0.25) is 0 Å². The predicted octanol–water partition coefficient (Wildman–Crippen LogP) is 6.07. The molecule has 4 aromatic rings. The van der Waals surface area contributed by atoms with E-state index in [2.05, 4.69) is 10.3 Å². The molecule has 34 heavy (non-hydrogen) atoms. The van der Waals surface area contributed by atoms with Gasteiger partial charge in [-0.15, -0.1) is 0 Å². The lowest BCUT2D eigenvalue weighted by Gasteiger charge is -2.13. The first-order valence-corrected chi connectivity index (χ1v) is 10.5. The van der Waals surface area contributed by atoms with Crippen molar-refractivity contribution in [2.24, 2.45) is 0 Å². The minimum absolute atomic E-state index is 0.00765. The van der Waals surface area contributed by atoms with Crippen LogP contribution in [0, 0.1) is 18.6 Å². The number of carbonyl (C=O) groups is 1. The molecule has 4 rings (SSSR count). The van der Waals surface area contributed by atoms with Gasteiger partial charge >= 0.3 is 0 Å². The first kappa shape index (κ1) is 22.9. The molecule has 0 unspecified atom stereocenters. The Kier molecular flexibility index (Phi) is 6.82. The monoisotopic (exact) mass is 460 g/mol. The molecule has 5 nitrogen and oxygen atoms in total. The third-order valence-electron chi connectivity index (χ3n) is 5.23. The largest absolute Gasteiger partial charge is 0.497 e. The Morgan fingerprint density at radius 1 is 0.941 bits per heavy atom. The van der Waals surface area contributed by atoms with Crippen molar-refractivity contribution in [3.8, 4) is 28.5 Å². The summed E-state index contributed by atoms with van der Waals surface area (Å²) in [6, 6.07) is 19.4. The van der Waals surface area contributed by atoms with Crippen molar-refractivity contribution >= 4 is 5.91 Å². The van der Waals surface area contributed by atoms with Gasteiger partial charge in [0.05, 0.1) is 12.8 Å². The molecule has 0 radical (unpaired) electrons. The molecule has 0 saturated carbocycles. The van der Waals surface area contributed by atoms with Crippen LogP contribution in [0.5, 0.6) is 17.2 Å². The Bertz CT molecular complexity index is 1320. The summed E-state index contributed by atoms with van der Waals surface area (Å²) < 4.78 is 38.1. The van der Waals surface area contributed by atoms with E-state index >= 15 is 0 Å². The van der Waals surface area contributed by atoms with Gasteiger partial charge in [-0.1, -0.05) is 18.2 Å². The third-order valence-corrected chi connectivity index (χ3v) is 5.23. The van der Waals surface area contributed by atoms with Crippen LogP contribution in [0.25, 0.3) is 11.3 Å². The second-order valence-electron chi connectivity index (χ2n) is 7.60. The minimum atomic E-state index is -0.693. The fourth-order valence-electron chi connectivity index (χ4n) is 3.50. The first-order valence-electron chi connectivity index (χ1n) is 10.5. The van der Waals surface area contributed by atoms with Crippen molar-refractivity contribution in [2.45, 2.75) is 13.5 Å². The minimum Gasteiger partial charge on any atom is -0.497 e. The second kappa shape index (κ2) is 10.1. The number of nitrogens with one attached hydrogen (secondary N) is 1. The zero-order valence-electron chi connectivity index (χ0n) is 18.6. The molecule has 1 aromatic heterocycles. The molecule has 0 aliphatic rings. The molecular weight excluding hydrogens is 438 g/mol. The number of amides is 1. The van der Waals surface area contributed by atoms with Crippen molar-refractivity contribution in [2.75, 3.05) is 7.11 Å². The molecule has 0 bridgehead atoms. The Morgan fingerprint density at radius 2 is 1.71 bits per heavy atom. The number of hydrogen-bond donors (Lipinski definition) is 1. The van der Waals surface area contributed by atoms with Gasteiger partial charge in [-0.2, -0.15) is 0 Å². The fraction of sp³-hybridized carbons (Fsp3) is 0.111. The summed E-state index contributed by atoms with van der Waals surface area (Å²) in [4.78, 5) is 17.1. The number of aromatic nitrogens is 1. The standard InChI is InChI=1S/C27H22F2N2O3/c1-17-24(27(32)31-16-18-11-20(28)14-21(29)12-18)7-4-8-26(17)34-23-9-10-30-25(15-23)19-5-3-6-22(13-19)33-2/h3-15H,16H2,1-2H3,(H,31,32). The number of rotatable bonds is 7. The number of ether oxygens (including phenoxy) is 2. The molecule has 172 valence electrons. The van der Waals surface area contributed by atoms with Crippen molar-refractivity contribution in [1.82, 2.24) is 10.3 Å². The van der Waals surface area contributed by atoms with E-state index in [-0.39, 0.29) is 12.5 Å². The maximum Gasteiger partial charge on any atom is 0.251 e. The van der Waals surface area contributed by atoms with Crippen molar-refractivity contribution in [3.05, 3.63) is 107 Å². The molecule has 1 amide bonds. The van der Waals surface area contributed by atoms with E-state index in [0.717, 1.165) is 17.4 Å². The SMILES string of the molecule is COc1cccc(-c2cc(Oc3cccc(C(=O)NCc4cc(F)cc(F)c4)c3C)ccn2)c1. The average molecular weight is 460 g/mol. The Balaban J connectivity index is 1.51. The van der Waals surface area contributed by atoms with E-state index in [0.29, 0.717) is 33.9 Å². The lowest BCUT2D eigenvalue weighted by Crippen LogP contribution is -2.23. The van der Waals surface area contributed by atoms with Crippen molar-refractivity contribution < 1.29 is 23.0 Å². The lowest BCUT2D eigenvalue weighted by atomic mass is 10.1. The van der Waals surface area contributed by atoms with E-state index in [1.807, 2.05) is 24.3 Å². The summed E-state index contributed by atoms with van der Waals surface area (Å²) in [5.41, 5.74) is 2.95. The van der Waals surface area contributed by atoms with Crippen LogP contribution in [-0.2, 0) is 6.54 Å². The summed E-state index contributed by atoms with van der Waals surface area (Å²) in [6.45, 7) is 1.77. The maximum absolute atomic E-state index is 13.4. The van der Waals surface area contributed by atoms with Crippen LogP contribution in [0.3, 0.4) is 0 Å². The van der Waals surface area contributed by atoms with Crippen LogP contribution in [-0.4, -0.2) is 18.0 Å². The Morgan fingerprint density at radius 3 is 2.47 bits per heavy atom. The molecule has 1 heterocycles. The number of nitrogens with zero attached hydrogens (tertiary/aromatic N) is 1. The van der Waals surface area contributed by atoms with Gasteiger partial charge in [-0.05, 0) is 55.0 Å². The van der Waals surface area contributed by atoms with E-state index in [4.69, 9.17) is 9.47 Å². The summed E-state index contributed by atoms with van der Waals surface area (Å²) in [5, 5.41) is 2.69. The summed E-state index contributed by atoms with van der Waals surface area (Å²) in [7, 11) is 1.61. The molecular formula is C27H22F2N2O3. The predicted molar refractivity (Wildman–Crippen MR) is 125 cm³/mol. The molecule has 0 spiro atoms. The van der Waals surface area contributed by atoms with Gasteiger partial charge in [-0.3, -0.25) is 9.78 Å². The maximum atomic E-state index is 13.4. The Hall–Kier alpha value is -4.26. The van der Waals surface area contributed by atoms with Gasteiger partial charge in [0.25, 0.3) is 5.91 Å². The molecule has 0 aliphatic carbocycles. The third kappa shape index (κ3) is 5.38. The highest BCUT2D eigenvalue weighted by Gasteiger charge is 2.14. The summed E-state index contributed by atoms with van der Waals surface area (Å²) in [6.07, 6.45) is 1.65. The van der Waals surface area contributed by atoms with Crippen LogP contribution in [0.4, 0.5) is 8.78 Å². The van der Waals surface area contributed by atoms with Crippen molar-refractivity contribution in [3.63, 3.8) is 0 Å². The number of hydrogen-bond acceptors (Lipinski definition) is 4. The zero-order valence-corrected chi connectivity index (χ0v) is 18.6. The highest BCUT2D eigenvalue weighted by atomic mass is 19.1. The number of carbonyl (C=O) groups excluding carboxylic acids is 1. The molecule has 7 heteroatoms. The number of benzene rings is 3.